The fourth-order valence-corrected chi connectivity index (χ4v) is 2.94. The van der Waals surface area contributed by atoms with Gasteiger partial charge in [-0.25, -0.2) is 0 Å². The largest absolute Gasteiger partial charge is 0.289 e. The first kappa shape index (κ1) is 18.0. The zero-order chi connectivity index (χ0) is 18.4. The minimum Gasteiger partial charge on any atom is -0.289 e. The molecule has 0 fully saturated rings. The van der Waals surface area contributed by atoms with Crippen LogP contribution in [-0.4, -0.2) is 12.0 Å². The van der Waals surface area contributed by atoms with Crippen LogP contribution in [-0.2, 0) is 0 Å². The molecule has 3 aromatic carbocycles. The lowest BCUT2D eigenvalue weighted by molar-refractivity contribution is 0.104. The molecule has 0 saturated heterocycles. The van der Waals surface area contributed by atoms with E-state index in [1.54, 1.807) is 12.1 Å². The van der Waals surface area contributed by atoms with E-state index in [2.05, 4.69) is 40.0 Å². The Morgan fingerprint density at radius 2 is 1.77 bits per heavy atom. The zero-order valence-electron chi connectivity index (χ0n) is 14.4. The highest BCUT2D eigenvalue weighted by Gasteiger charge is 2.03. The number of aryl methyl sites for hydroxylation is 1. The molecule has 0 spiro atoms. The predicted octanol–water partition coefficient (Wildman–Crippen LogP) is 6.40. The number of carbonyl (C=O) groups is 1. The smallest absolute Gasteiger partial charge is 0.185 e. The molecule has 0 bridgehead atoms. The minimum atomic E-state index is -0.0382. The Morgan fingerprint density at radius 3 is 2.58 bits per heavy atom. The van der Waals surface area contributed by atoms with E-state index in [9.17, 15) is 4.79 Å². The molecule has 0 amide bonds. The molecule has 26 heavy (non-hydrogen) atoms. The van der Waals surface area contributed by atoms with Crippen molar-refractivity contribution in [2.75, 3.05) is 0 Å². The second-order valence-corrected chi connectivity index (χ2v) is 6.85. The molecule has 0 heterocycles. The fourth-order valence-electron chi connectivity index (χ4n) is 2.54. The summed E-state index contributed by atoms with van der Waals surface area (Å²) < 4.78 is 0.889. The molecule has 0 aliphatic rings. The number of carbonyl (C=O) groups excluding carboxylic acids is 1. The van der Waals surface area contributed by atoms with Crippen molar-refractivity contribution in [3.63, 3.8) is 0 Å². The average molecular weight is 404 g/mol. The van der Waals surface area contributed by atoms with Gasteiger partial charge in [0.15, 0.2) is 5.78 Å². The third-order valence-electron chi connectivity index (χ3n) is 3.85. The molecule has 3 rings (SSSR count). The number of nitrogens with zero attached hydrogens (tertiary/aromatic N) is 1. The Kier molecular flexibility index (Phi) is 5.92. The number of benzene rings is 3. The quantitative estimate of drug-likeness (QED) is 0.275. The highest BCUT2D eigenvalue weighted by Crippen LogP contribution is 2.21. The molecule has 0 saturated carbocycles. The SMILES string of the molecule is Cc1cccc(C=Nc2ccccc2/C=C/C(=O)c2cccc(Br)c2)c1. The van der Waals surface area contributed by atoms with Crippen molar-refractivity contribution in [3.8, 4) is 0 Å². The van der Waals surface area contributed by atoms with Gasteiger partial charge in [0.25, 0.3) is 0 Å². The Morgan fingerprint density at radius 1 is 0.962 bits per heavy atom. The Balaban J connectivity index is 1.82. The average Bonchev–Trinajstić information content (AvgIpc) is 2.65. The molecule has 128 valence electrons. The summed E-state index contributed by atoms with van der Waals surface area (Å²) in [7, 11) is 0. The van der Waals surface area contributed by atoms with Gasteiger partial charge in [-0.1, -0.05) is 76.1 Å². The van der Waals surface area contributed by atoms with Crippen LogP contribution in [0.3, 0.4) is 0 Å². The number of halogens is 1. The molecule has 0 aliphatic heterocycles. The maximum Gasteiger partial charge on any atom is 0.185 e. The summed E-state index contributed by atoms with van der Waals surface area (Å²) in [5.74, 6) is -0.0382. The van der Waals surface area contributed by atoms with E-state index >= 15 is 0 Å². The van der Waals surface area contributed by atoms with E-state index in [0.717, 1.165) is 21.3 Å². The molecule has 3 heteroatoms. The number of hydrogen-bond donors (Lipinski definition) is 0. The summed E-state index contributed by atoms with van der Waals surface area (Å²) in [6.45, 7) is 2.06. The topological polar surface area (TPSA) is 29.4 Å². The number of rotatable bonds is 5. The summed E-state index contributed by atoms with van der Waals surface area (Å²) in [5, 5.41) is 0. The van der Waals surface area contributed by atoms with Gasteiger partial charge in [-0.15, -0.1) is 0 Å². The number of para-hydroxylation sites is 1. The maximum absolute atomic E-state index is 12.4. The highest BCUT2D eigenvalue weighted by molar-refractivity contribution is 9.10. The maximum atomic E-state index is 12.4. The number of allylic oxidation sites excluding steroid dienone is 1. The standard InChI is InChI=1S/C23H18BrNO/c1-17-6-4-7-18(14-17)16-25-22-11-3-2-8-19(22)12-13-23(26)20-9-5-10-21(24)15-20/h2-16H,1H3/b13-12+,25-16?. The van der Waals surface area contributed by atoms with Crippen molar-refractivity contribution in [3.05, 3.63) is 106 Å². The number of ketones is 1. The molecule has 3 aromatic rings. The predicted molar refractivity (Wildman–Crippen MR) is 112 cm³/mol. The van der Waals surface area contributed by atoms with Gasteiger partial charge < -0.3 is 0 Å². The first-order chi connectivity index (χ1) is 12.6. The Bertz CT molecular complexity index is 989. The van der Waals surface area contributed by atoms with Gasteiger partial charge in [0.05, 0.1) is 5.69 Å². The summed E-state index contributed by atoms with van der Waals surface area (Å²) in [6.07, 6.45) is 5.24. The summed E-state index contributed by atoms with van der Waals surface area (Å²) in [6, 6.07) is 23.3. The molecule has 2 nitrogen and oxygen atoms in total. The van der Waals surface area contributed by atoms with Crippen LogP contribution in [0.5, 0.6) is 0 Å². The van der Waals surface area contributed by atoms with Crippen molar-refractivity contribution < 1.29 is 4.79 Å². The van der Waals surface area contributed by atoms with E-state index in [4.69, 9.17) is 0 Å². The van der Waals surface area contributed by atoms with E-state index in [1.807, 2.05) is 66.9 Å². The lowest BCUT2D eigenvalue weighted by atomic mass is 10.1. The van der Waals surface area contributed by atoms with Gasteiger partial charge in [0.1, 0.15) is 0 Å². The second-order valence-electron chi connectivity index (χ2n) is 5.94. The third kappa shape index (κ3) is 4.87. The normalized spacial score (nSPS) is 11.3. The molecular formula is C23H18BrNO. The zero-order valence-corrected chi connectivity index (χ0v) is 16.0. The van der Waals surface area contributed by atoms with E-state index in [1.165, 1.54) is 5.56 Å². The molecular weight excluding hydrogens is 386 g/mol. The van der Waals surface area contributed by atoms with Gasteiger partial charge in [0.2, 0.25) is 0 Å². The Hall–Kier alpha value is -2.78. The van der Waals surface area contributed by atoms with E-state index in [0.29, 0.717) is 5.56 Å². The van der Waals surface area contributed by atoms with Crippen LogP contribution >= 0.6 is 15.9 Å². The van der Waals surface area contributed by atoms with Crippen LogP contribution in [0.25, 0.3) is 6.08 Å². The van der Waals surface area contributed by atoms with Crippen LogP contribution in [0.1, 0.15) is 27.0 Å². The molecule has 0 aromatic heterocycles. The third-order valence-corrected chi connectivity index (χ3v) is 4.35. The first-order valence-electron chi connectivity index (χ1n) is 8.29. The summed E-state index contributed by atoms with van der Waals surface area (Å²) >= 11 is 3.39. The van der Waals surface area contributed by atoms with Crippen LogP contribution in [0.4, 0.5) is 5.69 Å². The van der Waals surface area contributed by atoms with Gasteiger partial charge in [0, 0.05) is 21.8 Å². The molecule has 0 aliphatic carbocycles. The van der Waals surface area contributed by atoms with E-state index in [-0.39, 0.29) is 5.78 Å². The van der Waals surface area contributed by atoms with Gasteiger partial charge in [-0.3, -0.25) is 9.79 Å². The minimum absolute atomic E-state index is 0.0382. The van der Waals surface area contributed by atoms with Crippen molar-refractivity contribution in [2.24, 2.45) is 4.99 Å². The van der Waals surface area contributed by atoms with Crippen LogP contribution < -0.4 is 0 Å². The number of aliphatic imine (C=N–C) groups is 1. The van der Waals surface area contributed by atoms with Gasteiger partial charge >= 0.3 is 0 Å². The monoisotopic (exact) mass is 403 g/mol. The summed E-state index contributed by atoms with van der Waals surface area (Å²) in [4.78, 5) is 16.9. The fraction of sp³-hybridized carbons (Fsp3) is 0.0435. The van der Waals surface area contributed by atoms with Crippen molar-refractivity contribution in [1.82, 2.24) is 0 Å². The molecule has 0 atom stereocenters. The van der Waals surface area contributed by atoms with Crippen molar-refractivity contribution in [2.45, 2.75) is 6.92 Å². The Labute approximate surface area is 162 Å². The van der Waals surface area contributed by atoms with Crippen molar-refractivity contribution >= 4 is 39.7 Å². The van der Waals surface area contributed by atoms with E-state index < -0.39 is 0 Å². The first-order valence-corrected chi connectivity index (χ1v) is 9.09. The van der Waals surface area contributed by atoms with Crippen LogP contribution in [0, 0.1) is 6.92 Å². The lowest BCUT2D eigenvalue weighted by Crippen LogP contribution is -1.93. The summed E-state index contributed by atoms with van der Waals surface area (Å²) in [5.41, 5.74) is 4.62. The number of hydrogen-bond acceptors (Lipinski definition) is 2. The van der Waals surface area contributed by atoms with Crippen LogP contribution in [0.15, 0.2) is 88.3 Å². The lowest BCUT2D eigenvalue weighted by Gasteiger charge is -2.01. The second kappa shape index (κ2) is 8.54. The van der Waals surface area contributed by atoms with Gasteiger partial charge in [-0.05, 0) is 42.8 Å². The van der Waals surface area contributed by atoms with Gasteiger partial charge in [-0.2, -0.15) is 0 Å². The molecule has 0 unspecified atom stereocenters. The molecule has 0 radical (unpaired) electrons. The van der Waals surface area contributed by atoms with Crippen molar-refractivity contribution in [1.29, 1.82) is 0 Å². The highest BCUT2D eigenvalue weighted by atomic mass is 79.9. The molecule has 0 N–H and O–H groups in total. The van der Waals surface area contributed by atoms with Crippen LogP contribution in [0.2, 0.25) is 0 Å².